The normalized spacial score (nSPS) is 16.3. The highest BCUT2D eigenvalue weighted by atomic mass is 32.2. The minimum atomic E-state index is -0.183. The van der Waals surface area contributed by atoms with E-state index < -0.39 is 0 Å². The Kier molecular flexibility index (Phi) is 3.95. The summed E-state index contributed by atoms with van der Waals surface area (Å²) in [7, 11) is 0. The number of hydrogen-bond donors (Lipinski definition) is 0. The van der Waals surface area contributed by atoms with E-state index in [-0.39, 0.29) is 6.09 Å². The highest BCUT2D eigenvalue weighted by molar-refractivity contribution is 7.24. The molecule has 0 atom stereocenters. The van der Waals surface area contributed by atoms with Gasteiger partial charge in [-0.05, 0) is 6.92 Å². The van der Waals surface area contributed by atoms with E-state index in [1.807, 2.05) is 6.92 Å². The third-order valence-corrected chi connectivity index (χ3v) is 4.67. The lowest BCUT2D eigenvalue weighted by molar-refractivity contribution is 0.0999. The number of ether oxygens (including phenoxy) is 1. The summed E-state index contributed by atoms with van der Waals surface area (Å²) in [6.07, 6.45) is -0.183. The molecule has 2 rings (SSSR count). The van der Waals surface area contributed by atoms with Gasteiger partial charge in [0.2, 0.25) is 0 Å². The second-order valence-electron chi connectivity index (χ2n) is 3.45. The Balaban J connectivity index is 1.98. The van der Waals surface area contributed by atoms with Crippen LogP contribution in [0.4, 0.5) is 4.79 Å². The van der Waals surface area contributed by atoms with Gasteiger partial charge >= 0.3 is 10.1 Å². The van der Waals surface area contributed by atoms with Gasteiger partial charge in [0, 0.05) is 10.8 Å². The van der Waals surface area contributed by atoms with E-state index in [0.29, 0.717) is 6.61 Å². The van der Waals surface area contributed by atoms with Gasteiger partial charge in [-0.25, -0.2) is 9.37 Å². The maximum Gasteiger partial charge on any atom is 0.410 e. The fraction of sp³-hybridized carbons (Fsp3) is 0.600. The molecule has 0 radical (unpaired) electrons. The van der Waals surface area contributed by atoms with Gasteiger partial charge in [-0.1, -0.05) is 22.7 Å². The van der Waals surface area contributed by atoms with Gasteiger partial charge in [0.1, 0.15) is 0 Å². The minimum absolute atomic E-state index is 0.183. The third-order valence-electron chi connectivity index (χ3n) is 2.46. The molecule has 6 heteroatoms. The van der Waals surface area contributed by atoms with Gasteiger partial charge in [-0.15, -0.1) is 0 Å². The molecule has 1 aromatic rings. The first-order valence-electron chi connectivity index (χ1n) is 5.33. The molecular formula is C10H15N2O2S2+. The first-order valence-corrected chi connectivity index (χ1v) is 7.09. The molecule has 1 saturated heterocycles. The average molecular weight is 259 g/mol. The molecule has 0 aromatic carbocycles. The van der Waals surface area contributed by atoms with Crippen LogP contribution in [0, 0.1) is 0 Å². The van der Waals surface area contributed by atoms with E-state index in [1.54, 1.807) is 27.6 Å². The smallest absolute Gasteiger partial charge is 0.410 e. The van der Waals surface area contributed by atoms with Crippen molar-refractivity contribution < 1.29 is 9.53 Å². The summed E-state index contributed by atoms with van der Waals surface area (Å²) in [6.45, 7) is 5.59. The Morgan fingerprint density at radius 1 is 1.44 bits per heavy atom. The van der Waals surface area contributed by atoms with E-state index in [2.05, 4.69) is 15.3 Å². The first-order chi connectivity index (χ1) is 7.81. The van der Waals surface area contributed by atoms with Crippen LogP contribution in [-0.4, -0.2) is 43.8 Å². The van der Waals surface area contributed by atoms with Crippen molar-refractivity contribution in [3.63, 3.8) is 0 Å². The lowest BCUT2D eigenvalue weighted by Gasteiger charge is -2.23. The van der Waals surface area contributed by atoms with Crippen molar-refractivity contribution in [1.29, 1.82) is 0 Å². The first kappa shape index (κ1) is 11.6. The minimum Gasteiger partial charge on any atom is -0.450 e. The van der Waals surface area contributed by atoms with Crippen molar-refractivity contribution in [2.75, 3.05) is 32.8 Å². The van der Waals surface area contributed by atoms with Gasteiger partial charge in [-0.3, -0.25) is 4.90 Å². The molecule has 1 aliphatic rings. The van der Waals surface area contributed by atoms with Crippen LogP contribution in [0.1, 0.15) is 6.92 Å². The molecule has 0 aliphatic carbocycles. The van der Waals surface area contributed by atoms with E-state index >= 15 is 0 Å². The Morgan fingerprint density at radius 3 is 2.62 bits per heavy atom. The summed E-state index contributed by atoms with van der Waals surface area (Å²) in [4.78, 5) is 13.3. The predicted molar refractivity (Wildman–Crippen MR) is 65.8 cm³/mol. The van der Waals surface area contributed by atoms with Crippen molar-refractivity contribution in [1.82, 2.24) is 9.48 Å². The lowest BCUT2D eigenvalue weighted by atomic mass is 10.4. The monoisotopic (exact) mass is 259 g/mol. The number of piperazine rings is 1. The van der Waals surface area contributed by atoms with Crippen LogP contribution in [0.25, 0.3) is 0 Å². The van der Waals surface area contributed by atoms with E-state index in [9.17, 15) is 4.79 Å². The molecule has 1 amide bonds. The fourth-order valence-corrected chi connectivity index (χ4v) is 3.53. The van der Waals surface area contributed by atoms with Gasteiger partial charge < -0.3 is 4.74 Å². The maximum atomic E-state index is 11.5. The van der Waals surface area contributed by atoms with Gasteiger partial charge in [0.05, 0.1) is 19.7 Å². The number of nitrogens with zero attached hydrogens (tertiary/aromatic N) is 2. The quantitative estimate of drug-likeness (QED) is 0.706. The molecule has 0 spiro atoms. The molecule has 88 valence electrons. The van der Waals surface area contributed by atoms with E-state index in [4.69, 9.17) is 4.74 Å². The predicted octanol–water partition coefficient (Wildman–Crippen LogP) is 1.05. The SMILES string of the molecule is CCOC(=O)N1CC[N+](=c2sccs2)CC1. The van der Waals surface area contributed by atoms with Crippen LogP contribution >= 0.6 is 22.7 Å². The highest BCUT2D eigenvalue weighted by Crippen LogP contribution is 2.00. The van der Waals surface area contributed by atoms with Crippen LogP contribution in [0.5, 0.6) is 0 Å². The van der Waals surface area contributed by atoms with Crippen molar-refractivity contribution in [3.8, 4) is 0 Å². The number of hydrogen-bond acceptors (Lipinski definition) is 4. The highest BCUT2D eigenvalue weighted by Gasteiger charge is 2.24. The van der Waals surface area contributed by atoms with Crippen molar-refractivity contribution in [3.05, 3.63) is 14.7 Å². The maximum absolute atomic E-state index is 11.5. The van der Waals surface area contributed by atoms with Crippen LogP contribution in [0.2, 0.25) is 0 Å². The standard InChI is InChI=1S/C10H15N2O2S2/c1-2-14-9(13)11-3-5-12(6-4-11)10-15-7-8-16-10/h7-8H,2-6H2,1H3/q+1. The number of rotatable bonds is 1. The van der Waals surface area contributed by atoms with E-state index in [1.165, 1.54) is 3.98 Å². The van der Waals surface area contributed by atoms with Gasteiger partial charge in [-0.2, -0.15) is 0 Å². The molecule has 0 bridgehead atoms. The third kappa shape index (κ3) is 2.62. The molecule has 2 heterocycles. The average Bonchev–Trinajstić information content (AvgIpc) is 2.83. The molecule has 0 saturated carbocycles. The summed E-state index contributed by atoms with van der Waals surface area (Å²) in [5.41, 5.74) is 0. The number of carbonyl (C=O) groups is 1. The van der Waals surface area contributed by atoms with Gasteiger partial charge in [0.15, 0.2) is 13.1 Å². The van der Waals surface area contributed by atoms with Crippen molar-refractivity contribution in [2.45, 2.75) is 6.92 Å². The summed E-state index contributed by atoms with van der Waals surface area (Å²) in [5, 5.41) is 4.19. The summed E-state index contributed by atoms with van der Waals surface area (Å²) >= 11 is 3.52. The zero-order chi connectivity index (χ0) is 11.4. The summed E-state index contributed by atoms with van der Waals surface area (Å²) in [6, 6.07) is 0. The summed E-state index contributed by atoms with van der Waals surface area (Å²) in [5.74, 6) is 0. The Hall–Kier alpha value is -0.880. The van der Waals surface area contributed by atoms with Crippen LogP contribution in [-0.2, 0) is 4.74 Å². The largest absolute Gasteiger partial charge is 0.450 e. The van der Waals surface area contributed by atoms with Crippen molar-refractivity contribution in [2.24, 2.45) is 0 Å². The summed E-state index contributed by atoms with van der Waals surface area (Å²) < 4.78 is 8.63. The zero-order valence-electron chi connectivity index (χ0n) is 9.22. The van der Waals surface area contributed by atoms with Crippen LogP contribution < -0.4 is 8.56 Å². The second-order valence-corrected chi connectivity index (χ2v) is 5.49. The molecule has 0 unspecified atom stereocenters. The van der Waals surface area contributed by atoms with Crippen molar-refractivity contribution >= 4 is 28.8 Å². The topological polar surface area (TPSA) is 32.5 Å². The second kappa shape index (κ2) is 5.45. The molecule has 1 aliphatic heterocycles. The molecule has 1 fully saturated rings. The van der Waals surface area contributed by atoms with Crippen LogP contribution in [0.3, 0.4) is 0 Å². The molecule has 4 nitrogen and oxygen atoms in total. The molecule has 1 aromatic heterocycles. The van der Waals surface area contributed by atoms with Gasteiger partial charge in [0.25, 0.3) is 0 Å². The fourth-order valence-electron chi connectivity index (χ4n) is 1.64. The Bertz CT molecular complexity index is 398. The number of carbonyl (C=O) groups excluding carboxylic acids is 1. The van der Waals surface area contributed by atoms with Crippen LogP contribution in [0.15, 0.2) is 10.8 Å². The Labute approximate surface area is 102 Å². The zero-order valence-corrected chi connectivity index (χ0v) is 10.9. The molecule has 0 N–H and O–H groups in total. The Morgan fingerprint density at radius 2 is 2.06 bits per heavy atom. The van der Waals surface area contributed by atoms with E-state index in [0.717, 1.165) is 26.2 Å². The lowest BCUT2D eigenvalue weighted by Crippen LogP contribution is -2.49. The number of amides is 1. The molecule has 16 heavy (non-hydrogen) atoms. The molecular weight excluding hydrogens is 244 g/mol.